The third-order valence-electron chi connectivity index (χ3n) is 7.32. The van der Waals surface area contributed by atoms with E-state index in [1.807, 2.05) is 11.5 Å². The molecule has 2 aromatic heterocycles. The van der Waals surface area contributed by atoms with E-state index in [-0.39, 0.29) is 11.6 Å². The summed E-state index contributed by atoms with van der Waals surface area (Å²) in [5.74, 6) is 7.56. The number of imidazole rings is 1. The number of benzene rings is 2. The first-order chi connectivity index (χ1) is 17.6. The second-order valence-electron chi connectivity index (χ2n) is 9.73. The molecule has 4 heterocycles. The van der Waals surface area contributed by atoms with Gasteiger partial charge in [-0.05, 0) is 42.5 Å². The summed E-state index contributed by atoms with van der Waals surface area (Å²) in [5, 5.41) is 2.44. The highest BCUT2D eigenvalue weighted by Crippen LogP contribution is 2.29. The van der Waals surface area contributed by atoms with Crippen LogP contribution in [0.25, 0.3) is 21.9 Å². The van der Waals surface area contributed by atoms with Crippen LogP contribution in [0.3, 0.4) is 0 Å². The van der Waals surface area contributed by atoms with Crippen LogP contribution in [0.1, 0.15) is 31.7 Å². The molecule has 2 N–H and O–H groups in total. The van der Waals surface area contributed by atoms with Crippen LogP contribution in [0.4, 0.5) is 11.9 Å². The van der Waals surface area contributed by atoms with Gasteiger partial charge in [-0.25, -0.2) is 0 Å². The summed E-state index contributed by atoms with van der Waals surface area (Å²) in [4.78, 5) is 27.6. The molecule has 8 heteroatoms. The summed E-state index contributed by atoms with van der Waals surface area (Å²) >= 11 is 0. The fourth-order valence-corrected chi connectivity index (χ4v) is 5.62. The number of hydrogen-bond donors (Lipinski definition) is 1. The van der Waals surface area contributed by atoms with Gasteiger partial charge >= 0.3 is 5.56 Å². The smallest absolute Gasteiger partial charge is 0.300 e. The Kier molecular flexibility index (Phi) is 5.86. The van der Waals surface area contributed by atoms with Crippen molar-refractivity contribution in [2.24, 2.45) is 5.73 Å². The quantitative estimate of drug-likeness (QED) is 0.451. The van der Waals surface area contributed by atoms with Crippen molar-refractivity contribution < 1.29 is 0 Å². The number of aromatic nitrogens is 4. The van der Waals surface area contributed by atoms with E-state index in [1.165, 1.54) is 16.3 Å². The average molecular weight is 482 g/mol. The Bertz CT molecular complexity index is 1550. The second-order valence-corrected chi connectivity index (χ2v) is 9.73. The molecule has 0 amide bonds. The molecule has 1 atom stereocenters. The topological polar surface area (TPSA) is 85.2 Å². The Hall–Kier alpha value is -3.83. The third kappa shape index (κ3) is 3.90. The highest BCUT2D eigenvalue weighted by Gasteiger charge is 2.28. The summed E-state index contributed by atoms with van der Waals surface area (Å²) in [7, 11) is 0. The van der Waals surface area contributed by atoms with E-state index in [4.69, 9.17) is 10.7 Å². The number of hydrogen-bond acceptors (Lipinski definition) is 6. The van der Waals surface area contributed by atoms with Crippen LogP contribution < -0.4 is 21.1 Å². The van der Waals surface area contributed by atoms with Gasteiger partial charge in [-0.3, -0.25) is 13.9 Å². The van der Waals surface area contributed by atoms with E-state index < -0.39 is 0 Å². The number of aryl methyl sites for hydroxylation is 1. The van der Waals surface area contributed by atoms with E-state index in [9.17, 15) is 4.79 Å². The molecule has 36 heavy (non-hydrogen) atoms. The van der Waals surface area contributed by atoms with Gasteiger partial charge in [0.15, 0.2) is 11.2 Å². The Morgan fingerprint density at radius 2 is 1.89 bits per heavy atom. The van der Waals surface area contributed by atoms with Gasteiger partial charge in [0.2, 0.25) is 11.9 Å². The third-order valence-corrected chi connectivity index (χ3v) is 7.32. The molecule has 0 spiro atoms. The number of fused-ring (bicyclic) bond motifs is 4. The van der Waals surface area contributed by atoms with Crippen LogP contribution in [-0.4, -0.2) is 44.8 Å². The van der Waals surface area contributed by atoms with Crippen molar-refractivity contribution in [3.63, 3.8) is 0 Å². The molecule has 184 valence electrons. The van der Waals surface area contributed by atoms with Crippen molar-refractivity contribution in [1.29, 1.82) is 0 Å². The fraction of sp³-hybridized carbons (Fsp3) is 0.393. The van der Waals surface area contributed by atoms with E-state index in [2.05, 4.69) is 73.7 Å². The van der Waals surface area contributed by atoms with Gasteiger partial charge < -0.3 is 15.5 Å². The van der Waals surface area contributed by atoms with Crippen molar-refractivity contribution in [1.82, 2.24) is 19.1 Å². The van der Waals surface area contributed by atoms with Crippen LogP contribution in [0.15, 0.2) is 47.3 Å². The number of rotatable bonds is 4. The molecule has 1 fully saturated rings. The minimum Gasteiger partial charge on any atom is -0.341 e. The molecular formula is C28H31N7O. The predicted molar refractivity (Wildman–Crippen MR) is 144 cm³/mol. The van der Waals surface area contributed by atoms with Crippen molar-refractivity contribution in [2.75, 3.05) is 29.4 Å². The fourth-order valence-electron chi connectivity index (χ4n) is 5.62. The molecule has 0 aliphatic carbocycles. The maximum absolute atomic E-state index is 13.5. The molecule has 6 rings (SSSR count). The monoisotopic (exact) mass is 481 g/mol. The lowest BCUT2D eigenvalue weighted by molar-refractivity contribution is 0.496. The molecule has 2 aromatic carbocycles. The van der Waals surface area contributed by atoms with Gasteiger partial charge in [-0.2, -0.15) is 9.97 Å². The SMILES string of the molecule is CC#CCn1c(N2CCC[C@@H](N)C2)nc2c1c(=O)nc1n2CCCN1Cc1cccc2ccccc12. The summed E-state index contributed by atoms with van der Waals surface area (Å²) in [6.07, 6.45) is 2.98. The molecule has 8 nitrogen and oxygen atoms in total. The summed E-state index contributed by atoms with van der Waals surface area (Å²) < 4.78 is 4.06. The second kappa shape index (κ2) is 9.32. The number of piperidine rings is 1. The number of nitrogens with two attached hydrogens (primary N) is 1. The lowest BCUT2D eigenvalue weighted by Gasteiger charge is -2.31. The molecule has 0 unspecified atom stereocenters. The molecular weight excluding hydrogens is 450 g/mol. The Labute approximate surface area is 210 Å². The first kappa shape index (κ1) is 22.6. The average Bonchev–Trinajstić information content (AvgIpc) is 3.29. The van der Waals surface area contributed by atoms with Gasteiger partial charge in [0.25, 0.3) is 0 Å². The first-order valence-corrected chi connectivity index (χ1v) is 12.8. The van der Waals surface area contributed by atoms with Gasteiger partial charge in [0.05, 0.1) is 6.54 Å². The van der Waals surface area contributed by atoms with Crippen LogP contribution in [0.5, 0.6) is 0 Å². The van der Waals surface area contributed by atoms with Gasteiger partial charge in [0, 0.05) is 38.8 Å². The predicted octanol–water partition coefficient (Wildman–Crippen LogP) is 3.11. The highest BCUT2D eigenvalue weighted by atomic mass is 16.1. The van der Waals surface area contributed by atoms with Crippen molar-refractivity contribution in [2.45, 2.75) is 51.9 Å². The minimum absolute atomic E-state index is 0.104. The van der Waals surface area contributed by atoms with E-state index >= 15 is 0 Å². The van der Waals surface area contributed by atoms with Crippen molar-refractivity contribution in [3.8, 4) is 11.8 Å². The van der Waals surface area contributed by atoms with Crippen LogP contribution in [-0.2, 0) is 19.6 Å². The molecule has 4 aromatic rings. The standard InChI is InChI=1S/C28H31N7O/c1-2-3-16-34-24-25(30-27(34)33-14-7-12-22(29)19-33)35-17-8-15-32(28(35)31-26(24)36)18-21-11-6-10-20-9-4-5-13-23(20)21/h4-6,9-11,13,22H,7-8,12,14-19,29H2,1H3/t22-/m1/s1. The molecule has 2 aliphatic rings. The van der Waals surface area contributed by atoms with Crippen molar-refractivity contribution in [3.05, 3.63) is 58.4 Å². The zero-order valence-electron chi connectivity index (χ0n) is 20.7. The normalized spacial score (nSPS) is 17.8. The maximum Gasteiger partial charge on any atom is 0.300 e. The number of anilines is 2. The lowest BCUT2D eigenvalue weighted by Crippen LogP contribution is -2.44. The van der Waals surface area contributed by atoms with E-state index in [0.29, 0.717) is 30.2 Å². The van der Waals surface area contributed by atoms with Crippen molar-refractivity contribution >= 4 is 33.8 Å². The van der Waals surface area contributed by atoms with Gasteiger partial charge in [0.1, 0.15) is 0 Å². The largest absolute Gasteiger partial charge is 0.341 e. The number of nitrogens with zero attached hydrogens (tertiary/aromatic N) is 6. The van der Waals surface area contributed by atoms with Crippen LogP contribution in [0.2, 0.25) is 0 Å². The lowest BCUT2D eigenvalue weighted by atomic mass is 10.0. The molecule has 0 bridgehead atoms. The molecule has 0 saturated carbocycles. The molecule has 1 saturated heterocycles. The Morgan fingerprint density at radius 3 is 2.75 bits per heavy atom. The zero-order chi connectivity index (χ0) is 24.6. The zero-order valence-corrected chi connectivity index (χ0v) is 20.7. The Balaban J connectivity index is 1.47. The molecule has 2 aliphatic heterocycles. The summed E-state index contributed by atoms with van der Waals surface area (Å²) in [5.41, 5.74) is 8.48. The summed E-state index contributed by atoms with van der Waals surface area (Å²) in [6.45, 7) is 6.13. The van der Waals surface area contributed by atoms with Crippen LogP contribution in [0, 0.1) is 11.8 Å². The summed E-state index contributed by atoms with van der Waals surface area (Å²) in [6, 6.07) is 14.9. The molecule has 0 radical (unpaired) electrons. The van der Waals surface area contributed by atoms with E-state index in [0.717, 1.165) is 51.4 Å². The maximum atomic E-state index is 13.5. The van der Waals surface area contributed by atoms with E-state index in [1.54, 1.807) is 0 Å². The first-order valence-electron chi connectivity index (χ1n) is 12.8. The van der Waals surface area contributed by atoms with Gasteiger partial charge in [-0.15, -0.1) is 5.92 Å². The Morgan fingerprint density at radius 1 is 1.03 bits per heavy atom. The van der Waals surface area contributed by atoms with Gasteiger partial charge in [-0.1, -0.05) is 48.4 Å². The highest BCUT2D eigenvalue weighted by molar-refractivity contribution is 5.86. The minimum atomic E-state index is -0.251. The van der Waals surface area contributed by atoms with Crippen LogP contribution >= 0.6 is 0 Å².